The molecule has 0 saturated carbocycles. The number of amides is 1. The second kappa shape index (κ2) is 7.14. The number of aromatic nitrogens is 2. The van der Waals surface area contributed by atoms with Crippen LogP contribution in [-0.4, -0.2) is 15.7 Å². The van der Waals surface area contributed by atoms with Crippen LogP contribution in [-0.2, 0) is 0 Å². The van der Waals surface area contributed by atoms with Gasteiger partial charge in [-0.3, -0.25) is 9.59 Å². The molecule has 0 atom stereocenters. The van der Waals surface area contributed by atoms with E-state index in [2.05, 4.69) is 10.4 Å². The molecule has 0 bridgehead atoms. The lowest BCUT2D eigenvalue weighted by atomic mass is 10.1. The molecule has 0 unspecified atom stereocenters. The van der Waals surface area contributed by atoms with E-state index in [1.807, 2.05) is 32.0 Å². The van der Waals surface area contributed by atoms with Crippen molar-refractivity contribution in [1.29, 1.82) is 0 Å². The molecule has 26 heavy (non-hydrogen) atoms. The first-order valence-electron chi connectivity index (χ1n) is 8.11. The third-order valence-corrected chi connectivity index (χ3v) is 4.49. The average Bonchev–Trinajstić information content (AvgIpc) is 2.59. The van der Waals surface area contributed by atoms with Crippen molar-refractivity contribution in [3.05, 3.63) is 86.3 Å². The number of nitrogens with one attached hydrogen (secondary N) is 1. The largest absolute Gasteiger partial charge is 0.320 e. The molecule has 0 aliphatic heterocycles. The maximum atomic E-state index is 12.6. The molecule has 3 aromatic rings. The summed E-state index contributed by atoms with van der Waals surface area (Å²) >= 11 is 6.22. The standard InChI is InChI=1S/C20H18ClN3O2/c1-12-8-9-15(10-13(12)2)22-20(26)19-18(25)11-14(3)24(23-19)17-7-5-4-6-16(17)21/h4-11H,1-3H3,(H,22,26). The molecule has 1 N–H and O–H groups in total. The summed E-state index contributed by atoms with van der Waals surface area (Å²) in [6, 6.07) is 14.1. The summed E-state index contributed by atoms with van der Waals surface area (Å²) in [6.07, 6.45) is 0. The molecular weight excluding hydrogens is 350 g/mol. The van der Waals surface area contributed by atoms with Gasteiger partial charge in [-0.2, -0.15) is 5.10 Å². The number of anilines is 1. The Morgan fingerprint density at radius 2 is 1.77 bits per heavy atom. The van der Waals surface area contributed by atoms with Gasteiger partial charge in [-0.05, 0) is 56.2 Å². The molecule has 0 fully saturated rings. The number of para-hydroxylation sites is 1. The highest BCUT2D eigenvalue weighted by Crippen LogP contribution is 2.20. The van der Waals surface area contributed by atoms with Crippen LogP contribution in [0.2, 0.25) is 5.02 Å². The maximum absolute atomic E-state index is 12.6. The van der Waals surface area contributed by atoms with E-state index >= 15 is 0 Å². The number of nitrogens with zero attached hydrogens (tertiary/aromatic N) is 2. The summed E-state index contributed by atoms with van der Waals surface area (Å²) in [5.41, 5.74) is 3.36. The van der Waals surface area contributed by atoms with Crippen LogP contribution < -0.4 is 10.7 Å². The van der Waals surface area contributed by atoms with E-state index in [4.69, 9.17) is 11.6 Å². The maximum Gasteiger partial charge on any atom is 0.280 e. The predicted octanol–water partition coefficient (Wildman–Crippen LogP) is 4.06. The molecular formula is C20H18ClN3O2. The normalized spacial score (nSPS) is 10.6. The Balaban J connectivity index is 2.01. The van der Waals surface area contributed by atoms with Gasteiger partial charge in [0.05, 0.1) is 10.7 Å². The van der Waals surface area contributed by atoms with Gasteiger partial charge >= 0.3 is 0 Å². The summed E-state index contributed by atoms with van der Waals surface area (Å²) in [7, 11) is 0. The molecule has 0 spiro atoms. The van der Waals surface area contributed by atoms with Gasteiger partial charge < -0.3 is 5.32 Å². The number of benzene rings is 2. The highest BCUT2D eigenvalue weighted by Gasteiger charge is 2.16. The lowest BCUT2D eigenvalue weighted by molar-refractivity contribution is 0.101. The van der Waals surface area contributed by atoms with Crippen molar-refractivity contribution in [2.24, 2.45) is 0 Å². The summed E-state index contributed by atoms with van der Waals surface area (Å²) in [4.78, 5) is 24.9. The molecule has 1 heterocycles. The lowest BCUT2D eigenvalue weighted by Gasteiger charge is -2.13. The minimum atomic E-state index is -0.556. The van der Waals surface area contributed by atoms with Crippen LogP contribution in [0.4, 0.5) is 5.69 Å². The first kappa shape index (κ1) is 17.9. The summed E-state index contributed by atoms with van der Waals surface area (Å²) in [6.45, 7) is 5.69. The minimum absolute atomic E-state index is 0.186. The Hall–Kier alpha value is -2.92. The Morgan fingerprint density at radius 1 is 1.04 bits per heavy atom. The van der Waals surface area contributed by atoms with Crippen molar-refractivity contribution in [2.75, 3.05) is 5.32 Å². The van der Waals surface area contributed by atoms with Gasteiger partial charge in [0.25, 0.3) is 5.91 Å². The Bertz CT molecular complexity index is 1060. The van der Waals surface area contributed by atoms with Gasteiger partial charge in [-0.25, -0.2) is 4.68 Å². The SMILES string of the molecule is Cc1ccc(NC(=O)c2nn(-c3ccccc3Cl)c(C)cc2=O)cc1C. The Kier molecular flexibility index (Phi) is 4.91. The zero-order valence-electron chi connectivity index (χ0n) is 14.7. The zero-order chi connectivity index (χ0) is 18.8. The van der Waals surface area contributed by atoms with Crippen molar-refractivity contribution < 1.29 is 4.79 Å². The van der Waals surface area contributed by atoms with Gasteiger partial charge in [-0.15, -0.1) is 0 Å². The van der Waals surface area contributed by atoms with E-state index in [1.54, 1.807) is 31.2 Å². The molecule has 1 amide bonds. The molecule has 132 valence electrons. The number of aryl methyl sites for hydroxylation is 3. The zero-order valence-corrected chi connectivity index (χ0v) is 15.5. The third-order valence-electron chi connectivity index (χ3n) is 4.17. The fourth-order valence-electron chi connectivity index (χ4n) is 2.58. The number of hydrogen-bond acceptors (Lipinski definition) is 3. The predicted molar refractivity (Wildman–Crippen MR) is 103 cm³/mol. The van der Waals surface area contributed by atoms with Gasteiger partial charge in [0, 0.05) is 17.4 Å². The van der Waals surface area contributed by atoms with Crippen LogP contribution in [0.5, 0.6) is 0 Å². The van der Waals surface area contributed by atoms with Crippen molar-refractivity contribution in [1.82, 2.24) is 9.78 Å². The van der Waals surface area contributed by atoms with Crippen LogP contribution in [0.15, 0.2) is 53.3 Å². The van der Waals surface area contributed by atoms with E-state index in [1.165, 1.54) is 10.7 Å². The first-order chi connectivity index (χ1) is 12.4. The van der Waals surface area contributed by atoms with Crippen molar-refractivity contribution in [3.63, 3.8) is 0 Å². The molecule has 1 aromatic heterocycles. The molecule has 5 nitrogen and oxygen atoms in total. The number of carbonyl (C=O) groups is 1. The van der Waals surface area contributed by atoms with E-state index < -0.39 is 11.3 Å². The molecule has 6 heteroatoms. The van der Waals surface area contributed by atoms with Crippen LogP contribution in [0.1, 0.15) is 27.3 Å². The number of hydrogen-bond donors (Lipinski definition) is 1. The highest BCUT2D eigenvalue weighted by atomic mass is 35.5. The van der Waals surface area contributed by atoms with Crippen LogP contribution >= 0.6 is 11.6 Å². The van der Waals surface area contributed by atoms with E-state index in [9.17, 15) is 9.59 Å². The van der Waals surface area contributed by atoms with E-state index in [0.29, 0.717) is 22.1 Å². The van der Waals surface area contributed by atoms with Gasteiger partial charge in [-0.1, -0.05) is 29.8 Å². The summed E-state index contributed by atoms with van der Waals surface area (Å²) < 4.78 is 1.50. The van der Waals surface area contributed by atoms with Gasteiger partial charge in [0.1, 0.15) is 0 Å². The second-order valence-electron chi connectivity index (χ2n) is 6.11. The van der Waals surface area contributed by atoms with Crippen molar-refractivity contribution >= 4 is 23.2 Å². The Labute approximate surface area is 156 Å². The van der Waals surface area contributed by atoms with E-state index in [0.717, 1.165) is 11.1 Å². The molecule has 3 rings (SSSR count). The molecule has 0 radical (unpaired) electrons. The fraction of sp³-hybridized carbons (Fsp3) is 0.150. The average molecular weight is 368 g/mol. The molecule has 0 aliphatic carbocycles. The minimum Gasteiger partial charge on any atom is -0.320 e. The molecule has 2 aromatic carbocycles. The lowest BCUT2D eigenvalue weighted by Crippen LogP contribution is -2.27. The number of carbonyl (C=O) groups excluding carboxylic acids is 1. The summed E-state index contributed by atoms with van der Waals surface area (Å²) in [5, 5.41) is 7.46. The Morgan fingerprint density at radius 3 is 2.46 bits per heavy atom. The number of halogens is 1. The van der Waals surface area contributed by atoms with Crippen LogP contribution in [0.25, 0.3) is 5.69 Å². The fourth-order valence-corrected chi connectivity index (χ4v) is 2.80. The second-order valence-corrected chi connectivity index (χ2v) is 6.52. The topological polar surface area (TPSA) is 64.0 Å². The third kappa shape index (κ3) is 3.53. The van der Waals surface area contributed by atoms with Crippen LogP contribution in [0, 0.1) is 20.8 Å². The molecule has 0 aliphatic rings. The van der Waals surface area contributed by atoms with Crippen molar-refractivity contribution in [2.45, 2.75) is 20.8 Å². The van der Waals surface area contributed by atoms with Crippen molar-refractivity contribution in [3.8, 4) is 5.69 Å². The monoisotopic (exact) mass is 367 g/mol. The van der Waals surface area contributed by atoms with Gasteiger partial charge in [0.2, 0.25) is 5.43 Å². The smallest absolute Gasteiger partial charge is 0.280 e. The first-order valence-corrected chi connectivity index (χ1v) is 8.49. The van der Waals surface area contributed by atoms with Gasteiger partial charge in [0.15, 0.2) is 5.69 Å². The number of rotatable bonds is 3. The molecule has 0 saturated heterocycles. The quantitative estimate of drug-likeness (QED) is 0.759. The summed E-state index contributed by atoms with van der Waals surface area (Å²) in [5.74, 6) is -0.556. The van der Waals surface area contributed by atoms with Crippen LogP contribution in [0.3, 0.4) is 0 Å². The highest BCUT2D eigenvalue weighted by molar-refractivity contribution is 6.32. The van der Waals surface area contributed by atoms with E-state index in [-0.39, 0.29) is 5.69 Å².